The van der Waals surface area contributed by atoms with E-state index in [1.807, 2.05) is 31.2 Å². The second-order valence-electron chi connectivity index (χ2n) is 3.31. The summed E-state index contributed by atoms with van der Waals surface area (Å²) < 4.78 is 0. The second kappa shape index (κ2) is 5.36. The first kappa shape index (κ1) is 11.5. The zero-order valence-corrected chi connectivity index (χ0v) is 9.16. The molecule has 0 spiro atoms. The molecule has 0 aliphatic rings. The van der Waals surface area contributed by atoms with Crippen LogP contribution in [0.25, 0.3) is 0 Å². The van der Waals surface area contributed by atoms with Crippen LogP contribution in [0.5, 0.6) is 0 Å². The van der Waals surface area contributed by atoms with Gasteiger partial charge in [0, 0.05) is 25.8 Å². The number of para-hydroxylation sites is 1. The molecule has 0 fully saturated rings. The lowest BCUT2D eigenvalue weighted by Crippen LogP contribution is -2.31. The lowest BCUT2D eigenvalue weighted by atomic mass is 10.2. The Hall–Kier alpha value is -1.55. The van der Waals surface area contributed by atoms with Crippen LogP contribution in [0, 0.1) is 0 Å². The fraction of sp³-hybridized carbons (Fsp3) is 0.364. The quantitative estimate of drug-likeness (QED) is 0.791. The summed E-state index contributed by atoms with van der Waals surface area (Å²) in [6.07, 6.45) is 0. The van der Waals surface area contributed by atoms with Gasteiger partial charge in [-0.15, -0.1) is 0 Å². The van der Waals surface area contributed by atoms with Crippen LogP contribution in [0.4, 0.5) is 10.5 Å². The summed E-state index contributed by atoms with van der Waals surface area (Å²) in [6, 6.07) is 7.42. The van der Waals surface area contributed by atoms with Gasteiger partial charge in [0.05, 0.1) is 0 Å². The molecule has 0 aromatic heterocycles. The fourth-order valence-corrected chi connectivity index (χ4v) is 1.17. The number of benzene rings is 1. The molecule has 3 N–H and O–H groups in total. The van der Waals surface area contributed by atoms with Crippen molar-refractivity contribution in [2.45, 2.75) is 13.5 Å². The van der Waals surface area contributed by atoms with E-state index in [4.69, 9.17) is 5.73 Å². The number of urea groups is 1. The molecule has 0 atom stereocenters. The van der Waals surface area contributed by atoms with Gasteiger partial charge in [-0.1, -0.05) is 18.2 Å². The molecule has 15 heavy (non-hydrogen) atoms. The van der Waals surface area contributed by atoms with Crippen LogP contribution in [-0.4, -0.2) is 24.5 Å². The van der Waals surface area contributed by atoms with Crippen LogP contribution in [0.1, 0.15) is 12.5 Å². The number of nitrogens with one attached hydrogen (secondary N) is 1. The Balaban J connectivity index is 2.76. The summed E-state index contributed by atoms with van der Waals surface area (Å²) in [5.41, 5.74) is 7.29. The maximum absolute atomic E-state index is 11.6. The van der Waals surface area contributed by atoms with Crippen LogP contribution >= 0.6 is 0 Å². The third-order valence-electron chi connectivity index (χ3n) is 2.30. The monoisotopic (exact) mass is 207 g/mol. The van der Waals surface area contributed by atoms with Gasteiger partial charge in [-0.25, -0.2) is 4.79 Å². The summed E-state index contributed by atoms with van der Waals surface area (Å²) >= 11 is 0. The van der Waals surface area contributed by atoms with Crippen molar-refractivity contribution in [3.8, 4) is 0 Å². The number of nitrogens with two attached hydrogens (primary N) is 1. The average molecular weight is 207 g/mol. The van der Waals surface area contributed by atoms with Gasteiger partial charge < -0.3 is 16.0 Å². The van der Waals surface area contributed by atoms with E-state index in [0.29, 0.717) is 13.1 Å². The molecule has 0 radical (unpaired) electrons. The Labute approximate surface area is 90.1 Å². The second-order valence-corrected chi connectivity index (χ2v) is 3.31. The number of hydrogen-bond acceptors (Lipinski definition) is 2. The Morgan fingerprint density at radius 1 is 1.47 bits per heavy atom. The van der Waals surface area contributed by atoms with E-state index in [1.54, 1.807) is 11.9 Å². The number of nitrogens with zero attached hydrogens (tertiary/aromatic N) is 1. The van der Waals surface area contributed by atoms with Gasteiger partial charge in [0.25, 0.3) is 0 Å². The van der Waals surface area contributed by atoms with Gasteiger partial charge in [-0.3, -0.25) is 0 Å². The van der Waals surface area contributed by atoms with E-state index in [9.17, 15) is 4.79 Å². The Morgan fingerprint density at radius 2 is 2.13 bits per heavy atom. The molecule has 1 rings (SSSR count). The minimum atomic E-state index is -0.113. The Kier molecular flexibility index (Phi) is 4.12. The van der Waals surface area contributed by atoms with Crippen LogP contribution in [-0.2, 0) is 6.54 Å². The maximum atomic E-state index is 11.6. The Morgan fingerprint density at radius 3 is 2.73 bits per heavy atom. The van der Waals surface area contributed by atoms with Gasteiger partial charge in [-0.05, 0) is 18.6 Å². The number of hydrogen-bond donors (Lipinski definition) is 2. The van der Waals surface area contributed by atoms with E-state index >= 15 is 0 Å². The molecule has 0 saturated heterocycles. The smallest absolute Gasteiger partial charge is 0.321 e. The number of anilines is 1. The van der Waals surface area contributed by atoms with Crippen LogP contribution in [0.2, 0.25) is 0 Å². The van der Waals surface area contributed by atoms with Crippen LogP contribution in [0.15, 0.2) is 24.3 Å². The molecular weight excluding hydrogens is 190 g/mol. The molecular formula is C11H17N3O. The topological polar surface area (TPSA) is 58.4 Å². The summed E-state index contributed by atoms with van der Waals surface area (Å²) in [5, 5.41) is 2.82. The highest BCUT2D eigenvalue weighted by Gasteiger charge is 2.08. The summed E-state index contributed by atoms with van der Waals surface area (Å²) in [7, 11) is 1.75. The highest BCUT2D eigenvalue weighted by Crippen LogP contribution is 2.14. The highest BCUT2D eigenvalue weighted by molar-refractivity contribution is 5.89. The third kappa shape index (κ3) is 2.95. The van der Waals surface area contributed by atoms with Gasteiger partial charge in [0.15, 0.2) is 0 Å². The van der Waals surface area contributed by atoms with Crippen molar-refractivity contribution in [1.29, 1.82) is 0 Å². The molecule has 4 heteroatoms. The molecule has 4 nitrogen and oxygen atoms in total. The zero-order valence-electron chi connectivity index (χ0n) is 9.16. The maximum Gasteiger partial charge on any atom is 0.321 e. The van der Waals surface area contributed by atoms with E-state index < -0.39 is 0 Å². The van der Waals surface area contributed by atoms with Crippen molar-refractivity contribution >= 4 is 11.7 Å². The largest absolute Gasteiger partial charge is 0.328 e. The average Bonchev–Trinajstić information content (AvgIpc) is 2.28. The predicted octanol–water partition coefficient (Wildman–Crippen LogP) is 1.63. The van der Waals surface area contributed by atoms with E-state index in [2.05, 4.69) is 5.32 Å². The standard InChI is InChI=1S/C11H17N3O/c1-3-14(2)11(15)13-10-7-5-4-6-9(10)8-12/h4-7H,3,8,12H2,1-2H3,(H,13,15). The lowest BCUT2D eigenvalue weighted by Gasteiger charge is -2.16. The lowest BCUT2D eigenvalue weighted by molar-refractivity contribution is 0.224. The van der Waals surface area contributed by atoms with Crippen LogP contribution < -0.4 is 11.1 Å². The van der Waals surface area contributed by atoms with Gasteiger partial charge >= 0.3 is 6.03 Å². The number of rotatable bonds is 3. The van der Waals surface area contributed by atoms with Crippen molar-refractivity contribution < 1.29 is 4.79 Å². The van der Waals surface area contributed by atoms with Gasteiger partial charge in [-0.2, -0.15) is 0 Å². The SMILES string of the molecule is CCN(C)C(=O)Nc1ccccc1CN. The predicted molar refractivity (Wildman–Crippen MR) is 61.7 cm³/mol. The molecule has 0 aliphatic carbocycles. The minimum absolute atomic E-state index is 0.113. The first-order chi connectivity index (χ1) is 7.19. The first-order valence-corrected chi connectivity index (χ1v) is 4.99. The van der Waals surface area contributed by atoms with Crippen molar-refractivity contribution in [3.05, 3.63) is 29.8 Å². The molecule has 0 unspecified atom stereocenters. The van der Waals surface area contributed by atoms with Crippen molar-refractivity contribution in [1.82, 2.24) is 4.90 Å². The van der Waals surface area contributed by atoms with Crippen LogP contribution in [0.3, 0.4) is 0 Å². The van der Waals surface area contributed by atoms with Crippen molar-refractivity contribution in [3.63, 3.8) is 0 Å². The number of carbonyl (C=O) groups excluding carboxylic acids is 1. The summed E-state index contributed by atoms with van der Waals surface area (Å²) in [4.78, 5) is 13.2. The van der Waals surface area contributed by atoms with E-state index in [1.165, 1.54) is 0 Å². The molecule has 1 aromatic carbocycles. The zero-order chi connectivity index (χ0) is 11.3. The molecule has 0 saturated carbocycles. The molecule has 2 amide bonds. The van der Waals surface area contributed by atoms with E-state index in [-0.39, 0.29) is 6.03 Å². The third-order valence-corrected chi connectivity index (χ3v) is 2.30. The van der Waals surface area contributed by atoms with Crippen molar-refractivity contribution in [2.24, 2.45) is 5.73 Å². The molecule has 0 heterocycles. The minimum Gasteiger partial charge on any atom is -0.328 e. The first-order valence-electron chi connectivity index (χ1n) is 4.99. The van der Waals surface area contributed by atoms with Gasteiger partial charge in [0.2, 0.25) is 0 Å². The van der Waals surface area contributed by atoms with Crippen molar-refractivity contribution in [2.75, 3.05) is 18.9 Å². The molecule has 0 aliphatic heterocycles. The highest BCUT2D eigenvalue weighted by atomic mass is 16.2. The number of amides is 2. The number of carbonyl (C=O) groups is 1. The fourth-order valence-electron chi connectivity index (χ4n) is 1.17. The summed E-state index contributed by atoms with van der Waals surface area (Å²) in [5.74, 6) is 0. The molecule has 0 bridgehead atoms. The normalized spacial score (nSPS) is 9.80. The molecule has 82 valence electrons. The summed E-state index contributed by atoms with van der Waals surface area (Å²) in [6.45, 7) is 3.03. The Bertz CT molecular complexity index is 338. The van der Waals surface area contributed by atoms with Gasteiger partial charge in [0.1, 0.15) is 0 Å². The molecule has 1 aromatic rings. The van der Waals surface area contributed by atoms with E-state index in [0.717, 1.165) is 11.3 Å².